The van der Waals surface area contributed by atoms with Crippen LogP contribution in [0.2, 0.25) is 0 Å². The molecule has 0 unspecified atom stereocenters. The lowest BCUT2D eigenvalue weighted by Gasteiger charge is -2.43. The number of hydrogen-bond acceptors (Lipinski definition) is 4. The zero-order valence-electron chi connectivity index (χ0n) is 19.5. The van der Waals surface area contributed by atoms with E-state index in [1.807, 2.05) is 62.3 Å². The van der Waals surface area contributed by atoms with Crippen LogP contribution in [0, 0.1) is 10.8 Å². The van der Waals surface area contributed by atoms with E-state index in [4.69, 9.17) is 0 Å². The van der Waals surface area contributed by atoms with Gasteiger partial charge in [-0.3, -0.25) is 9.59 Å². The molecule has 0 spiro atoms. The molecule has 29 heavy (non-hydrogen) atoms. The minimum Gasteiger partial charge on any atom is -0.351 e. The van der Waals surface area contributed by atoms with Gasteiger partial charge in [0.15, 0.2) is 0 Å². The van der Waals surface area contributed by atoms with Crippen molar-refractivity contribution in [2.24, 2.45) is 10.8 Å². The highest BCUT2D eigenvalue weighted by Crippen LogP contribution is 2.41. The van der Waals surface area contributed by atoms with E-state index in [0.29, 0.717) is 12.2 Å². The number of hydrogen-bond donors (Lipinski definition) is 1. The molecule has 0 radical (unpaired) electrons. The van der Waals surface area contributed by atoms with Crippen LogP contribution in [0.4, 0.5) is 0 Å². The van der Waals surface area contributed by atoms with Gasteiger partial charge in [-0.25, -0.2) is 4.68 Å². The molecule has 7 nitrogen and oxygen atoms in total. The van der Waals surface area contributed by atoms with Crippen molar-refractivity contribution < 1.29 is 9.59 Å². The summed E-state index contributed by atoms with van der Waals surface area (Å²) < 4.78 is 1.57. The fraction of sp³-hybridized carbons (Fsp3) is 0.636. The van der Waals surface area contributed by atoms with Crippen molar-refractivity contribution in [3.05, 3.63) is 30.6 Å². The average molecular weight is 404 g/mol. The fourth-order valence-electron chi connectivity index (χ4n) is 2.72. The molecule has 0 aromatic carbocycles. The van der Waals surface area contributed by atoms with Gasteiger partial charge >= 0.3 is 0 Å². The van der Waals surface area contributed by atoms with Crippen LogP contribution in [-0.2, 0) is 16.1 Å². The summed E-state index contributed by atoms with van der Waals surface area (Å²) in [4.78, 5) is 28.3. The number of nitrogens with zero attached hydrogens (tertiary/aromatic N) is 4. The predicted octanol–water partition coefficient (Wildman–Crippen LogP) is 3.64. The summed E-state index contributed by atoms with van der Waals surface area (Å²) in [6, 6.07) is 0. The molecule has 0 aliphatic rings. The van der Waals surface area contributed by atoms with E-state index in [-0.39, 0.29) is 23.9 Å². The molecular weight excluding hydrogens is 366 g/mol. The lowest BCUT2D eigenvalue weighted by atomic mass is 9.66. The molecule has 0 aliphatic heterocycles. The first-order valence-corrected chi connectivity index (χ1v) is 9.82. The van der Waals surface area contributed by atoms with E-state index in [1.54, 1.807) is 15.8 Å². The third-order valence-corrected chi connectivity index (χ3v) is 5.19. The van der Waals surface area contributed by atoms with Crippen molar-refractivity contribution in [2.45, 2.75) is 74.4 Å². The quantitative estimate of drug-likeness (QED) is 0.672. The van der Waals surface area contributed by atoms with Crippen LogP contribution in [0.3, 0.4) is 0 Å². The summed E-state index contributed by atoms with van der Waals surface area (Å²) in [6.45, 7) is 25.2. The standard InChI is InChI=1S/C22H37N5O2/c1-15(2)12-26(13-17-14-27(16(3)4)25-24-17)19(29)22(10,11)21(8,9)18(28)23-20(5,6)7/h14H,1,3,12-13H2,2,4-11H3,(H,23,28). The minimum atomic E-state index is -0.956. The van der Waals surface area contributed by atoms with E-state index in [9.17, 15) is 9.59 Å². The van der Waals surface area contributed by atoms with E-state index >= 15 is 0 Å². The summed E-state index contributed by atoms with van der Waals surface area (Å²) in [5, 5.41) is 11.2. The largest absolute Gasteiger partial charge is 0.351 e. The fourth-order valence-corrected chi connectivity index (χ4v) is 2.72. The number of carbonyl (C=O) groups is 2. The van der Waals surface area contributed by atoms with Crippen molar-refractivity contribution in [1.29, 1.82) is 0 Å². The van der Waals surface area contributed by atoms with Gasteiger partial charge in [0.05, 0.1) is 23.6 Å². The molecule has 0 fully saturated rings. The number of rotatable bonds is 8. The first-order chi connectivity index (χ1) is 13.0. The molecule has 0 saturated carbocycles. The Balaban J connectivity index is 3.19. The Kier molecular flexibility index (Phi) is 7.22. The Hall–Kier alpha value is -2.44. The molecule has 0 bridgehead atoms. The maximum Gasteiger partial charge on any atom is 0.229 e. The normalized spacial score (nSPS) is 12.4. The molecule has 0 atom stereocenters. The molecule has 1 N–H and O–H groups in total. The summed E-state index contributed by atoms with van der Waals surface area (Å²) in [7, 11) is 0. The van der Waals surface area contributed by atoms with Crippen LogP contribution in [0.5, 0.6) is 0 Å². The van der Waals surface area contributed by atoms with Crippen molar-refractivity contribution in [1.82, 2.24) is 25.2 Å². The molecule has 162 valence electrons. The Morgan fingerprint density at radius 1 is 1.07 bits per heavy atom. The first-order valence-electron chi connectivity index (χ1n) is 9.82. The first kappa shape index (κ1) is 24.6. The lowest BCUT2D eigenvalue weighted by molar-refractivity contribution is -0.155. The number of carbonyl (C=O) groups excluding carboxylic acids is 2. The molecule has 0 aliphatic carbocycles. The van der Waals surface area contributed by atoms with Crippen molar-refractivity contribution in [2.75, 3.05) is 6.54 Å². The lowest BCUT2D eigenvalue weighted by Crippen LogP contribution is -2.57. The third kappa shape index (κ3) is 6.02. The zero-order chi connectivity index (χ0) is 22.8. The third-order valence-electron chi connectivity index (χ3n) is 5.19. The van der Waals surface area contributed by atoms with Crippen LogP contribution >= 0.6 is 0 Å². The smallest absolute Gasteiger partial charge is 0.229 e. The van der Waals surface area contributed by atoms with Gasteiger partial charge in [0, 0.05) is 17.8 Å². The van der Waals surface area contributed by atoms with Gasteiger partial charge in [0.1, 0.15) is 5.69 Å². The molecule has 1 rings (SSSR count). The predicted molar refractivity (Wildman–Crippen MR) is 117 cm³/mol. The van der Waals surface area contributed by atoms with Gasteiger partial charge in [-0.2, -0.15) is 0 Å². The summed E-state index contributed by atoms with van der Waals surface area (Å²) in [5.41, 5.74) is -0.0378. The Morgan fingerprint density at radius 3 is 2.03 bits per heavy atom. The van der Waals surface area contributed by atoms with E-state index in [1.165, 1.54) is 0 Å². The number of nitrogens with one attached hydrogen (secondary N) is 1. The zero-order valence-corrected chi connectivity index (χ0v) is 19.5. The number of amides is 2. The van der Waals surface area contributed by atoms with Crippen LogP contribution in [0.1, 0.15) is 68.0 Å². The topological polar surface area (TPSA) is 80.1 Å². The molecule has 2 amide bonds. The van der Waals surface area contributed by atoms with Crippen molar-refractivity contribution in [3.63, 3.8) is 0 Å². The second-order valence-electron chi connectivity index (χ2n) is 9.96. The van der Waals surface area contributed by atoms with Crippen molar-refractivity contribution >= 4 is 17.5 Å². The molecule has 7 heteroatoms. The maximum atomic E-state index is 13.6. The second kappa shape index (κ2) is 8.51. The van der Waals surface area contributed by atoms with Gasteiger partial charge in [0.25, 0.3) is 0 Å². The molecular formula is C22H37N5O2. The van der Waals surface area contributed by atoms with Crippen molar-refractivity contribution in [3.8, 4) is 0 Å². The maximum absolute atomic E-state index is 13.6. The van der Waals surface area contributed by atoms with Crippen LogP contribution in [-0.4, -0.2) is 43.8 Å². The van der Waals surface area contributed by atoms with Gasteiger partial charge < -0.3 is 10.2 Å². The van der Waals surface area contributed by atoms with Gasteiger partial charge in [0.2, 0.25) is 11.8 Å². The second-order valence-corrected chi connectivity index (χ2v) is 9.96. The molecule has 1 heterocycles. The molecule has 0 saturated heterocycles. The van der Waals surface area contributed by atoms with Gasteiger partial charge in [-0.1, -0.05) is 37.8 Å². The average Bonchev–Trinajstić information content (AvgIpc) is 3.00. The molecule has 1 aromatic heterocycles. The van der Waals surface area contributed by atoms with Crippen LogP contribution in [0.15, 0.2) is 24.9 Å². The van der Waals surface area contributed by atoms with E-state index < -0.39 is 10.8 Å². The highest BCUT2D eigenvalue weighted by atomic mass is 16.2. The highest BCUT2D eigenvalue weighted by Gasteiger charge is 2.50. The SMILES string of the molecule is C=C(C)CN(Cc1cn(C(=C)C)nn1)C(=O)C(C)(C)C(C)(C)C(=O)NC(C)(C)C. The van der Waals surface area contributed by atoms with Crippen LogP contribution < -0.4 is 5.32 Å². The van der Waals surface area contributed by atoms with E-state index in [0.717, 1.165) is 11.3 Å². The minimum absolute atomic E-state index is 0.139. The summed E-state index contributed by atoms with van der Waals surface area (Å²) >= 11 is 0. The summed E-state index contributed by atoms with van der Waals surface area (Å²) in [6.07, 6.45) is 1.76. The van der Waals surface area contributed by atoms with Gasteiger partial charge in [-0.05, 0) is 48.5 Å². The molecule has 1 aromatic rings. The van der Waals surface area contributed by atoms with Crippen LogP contribution in [0.25, 0.3) is 5.70 Å². The highest BCUT2D eigenvalue weighted by molar-refractivity contribution is 5.92. The van der Waals surface area contributed by atoms with E-state index in [2.05, 4.69) is 28.8 Å². The Bertz CT molecular complexity index is 796. The number of aromatic nitrogens is 3. The Labute approximate surface area is 175 Å². The summed E-state index contributed by atoms with van der Waals surface area (Å²) in [5.74, 6) is -0.300. The number of allylic oxidation sites excluding steroid dienone is 1. The van der Waals surface area contributed by atoms with Gasteiger partial charge in [-0.15, -0.1) is 5.10 Å². The monoisotopic (exact) mass is 403 g/mol. The Morgan fingerprint density at radius 2 is 1.62 bits per heavy atom.